The van der Waals surface area contributed by atoms with Crippen molar-refractivity contribution in [1.82, 2.24) is 0 Å². The number of nitrogens with two attached hydrogens (primary N) is 1. The standard InChI is InChI=1S/C29H31NO4/c1-4-32-28(31)16-23-9-5-6-11-26(23)33-18-25-24-15-22(21-10-7-8-20(14-21)17-30)12-13-27(24)34-29(25)19(2)3/h5-15,19H,4,16-18,30H2,1-3H3. The minimum atomic E-state index is -0.264. The van der Waals surface area contributed by atoms with E-state index in [4.69, 9.17) is 19.6 Å². The zero-order valence-corrected chi connectivity index (χ0v) is 20.0. The molecule has 0 radical (unpaired) electrons. The number of carbonyl (C=O) groups is 1. The van der Waals surface area contributed by atoms with Crippen LogP contribution in [0.1, 0.15) is 49.1 Å². The van der Waals surface area contributed by atoms with E-state index < -0.39 is 0 Å². The molecule has 1 heterocycles. The van der Waals surface area contributed by atoms with Gasteiger partial charge < -0.3 is 19.6 Å². The van der Waals surface area contributed by atoms with Gasteiger partial charge in [-0.2, -0.15) is 0 Å². The highest BCUT2D eigenvalue weighted by Crippen LogP contribution is 2.35. The molecular formula is C29H31NO4. The van der Waals surface area contributed by atoms with E-state index in [0.29, 0.717) is 25.5 Å². The van der Waals surface area contributed by atoms with Gasteiger partial charge in [-0.1, -0.05) is 56.3 Å². The van der Waals surface area contributed by atoms with Crippen molar-refractivity contribution in [2.45, 2.75) is 46.3 Å². The van der Waals surface area contributed by atoms with Crippen LogP contribution in [0.25, 0.3) is 22.1 Å². The molecule has 5 heteroatoms. The van der Waals surface area contributed by atoms with Crippen LogP contribution in [0.5, 0.6) is 5.75 Å². The first-order valence-corrected chi connectivity index (χ1v) is 11.7. The molecule has 176 valence electrons. The summed E-state index contributed by atoms with van der Waals surface area (Å²) in [6, 6.07) is 22.1. The van der Waals surface area contributed by atoms with Crippen molar-refractivity contribution in [3.63, 3.8) is 0 Å². The van der Waals surface area contributed by atoms with E-state index in [-0.39, 0.29) is 18.3 Å². The quantitative estimate of drug-likeness (QED) is 0.296. The maximum Gasteiger partial charge on any atom is 0.310 e. The van der Waals surface area contributed by atoms with Crippen molar-refractivity contribution in [3.8, 4) is 16.9 Å². The monoisotopic (exact) mass is 457 g/mol. The fourth-order valence-corrected chi connectivity index (χ4v) is 4.15. The Labute approximate surface area is 200 Å². The van der Waals surface area contributed by atoms with Gasteiger partial charge in [-0.3, -0.25) is 4.79 Å². The molecule has 0 amide bonds. The highest BCUT2D eigenvalue weighted by molar-refractivity contribution is 5.87. The van der Waals surface area contributed by atoms with Crippen molar-refractivity contribution in [2.24, 2.45) is 5.73 Å². The molecule has 0 aliphatic carbocycles. The van der Waals surface area contributed by atoms with Gasteiger partial charge in [-0.05, 0) is 47.9 Å². The molecule has 4 aromatic rings. The number of esters is 1. The summed E-state index contributed by atoms with van der Waals surface area (Å²) in [6.07, 6.45) is 0.175. The second-order valence-corrected chi connectivity index (χ2v) is 8.59. The summed E-state index contributed by atoms with van der Waals surface area (Å²) >= 11 is 0. The van der Waals surface area contributed by atoms with Crippen LogP contribution in [0, 0.1) is 0 Å². The van der Waals surface area contributed by atoms with Gasteiger partial charge in [0.05, 0.1) is 13.0 Å². The third kappa shape index (κ3) is 5.15. The maximum atomic E-state index is 12.0. The predicted octanol–water partition coefficient (Wildman–Crippen LogP) is 6.37. The van der Waals surface area contributed by atoms with Gasteiger partial charge in [0.15, 0.2) is 0 Å². The van der Waals surface area contributed by atoms with Crippen molar-refractivity contribution in [2.75, 3.05) is 6.61 Å². The molecule has 0 aliphatic heterocycles. The second-order valence-electron chi connectivity index (χ2n) is 8.59. The Bertz CT molecular complexity index is 1290. The van der Waals surface area contributed by atoms with Crippen molar-refractivity contribution >= 4 is 16.9 Å². The average Bonchev–Trinajstić information content (AvgIpc) is 3.22. The largest absolute Gasteiger partial charge is 0.488 e. The number of fused-ring (bicyclic) bond motifs is 1. The number of carbonyl (C=O) groups excluding carboxylic acids is 1. The van der Waals surface area contributed by atoms with Gasteiger partial charge in [0.1, 0.15) is 23.7 Å². The van der Waals surface area contributed by atoms with E-state index in [9.17, 15) is 4.79 Å². The number of ether oxygens (including phenoxy) is 2. The van der Waals surface area contributed by atoms with Crippen molar-refractivity contribution in [3.05, 3.63) is 89.2 Å². The molecule has 34 heavy (non-hydrogen) atoms. The molecule has 3 aromatic carbocycles. The highest BCUT2D eigenvalue weighted by atomic mass is 16.5. The lowest BCUT2D eigenvalue weighted by atomic mass is 9.99. The summed E-state index contributed by atoms with van der Waals surface area (Å²) < 4.78 is 17.6. The third-order valence-corrected chi connectivity index (χ3v) is 5.83. The van der Waals surface area contributed by atoms with Crippen LogP contribution < -0.4 is 10.5 Å². The molecule has 0 unspecified atom stereocenters. The van der Waals surface area contributed by atoms with E-state index in [1.807, 2.05) is 42.5 Å². The summed E-state index contributed by atoms with van der Waals surface area (Å²) in [5, 5.41) is 1.03. The van der Waals surface area contributed by atoms with Gasteiger partial charge in [-0.25, -0.2) is 0 Å². The number of hydrogen-bond donors (Lipinski definition) is 1. The Morgan fingerprint density at radius 2 is 1.79 bits per heavy atom. The number of furan rings is 1. The lowest BCUT2D eigenvalue weighted by Crippen LogP contribution is -2.09. The molecule has 0 bridgehead atoms. The van der Waals surface area contributed by atoms with E-state index in [2.05, 4.69) is 38.1 Å². The fraction of sp³-hybridized carbons (Fsp3) is 0.276. The summed E-state index contributed by atoms with van der Waals surface area (Å²) in [5.74, 6) is 1.52. The van der Waals surface area contributed by atoms with Crippen LogP contribution in [0.2, 0.25) is 0 Å². The molecule has 0 saturated carbocycles. The maximum absolute atomic E-state index is 12.0. The van der Waals surface area contributed by atoms with Gasteiger partial charge in [0.25, 0.3) is 0 Å². The van der Waals surface area contributed by atoms with Gasteiger partial charge in [0, 0.05) is 29.0 Å². The molecular weight excluding hydrogens is 426 g/mol. The second kappa shape index (κ2) is 10.6. The molecule has 0 spiro atoms. The molecule has 4 rings (SSSR count). The number of para-hydroxylation sites is 1. The Morgan fingerprint density at radius 3 is 2.56 bits per heavy atom. The third-order valence-electron chi connectivity index (χ3n) is 5.83. The normalized spacial score (nSPS) is 11.2. The van der Waals surface area contributed by atoms with E-state index >= 15 is 0 Å². The molecule has 5 nitrogen and oxygen atoms in total. The first-order valence-electron chi connectivity index (χ1n) is 11.7. The smallest absolute Gasteiger partial charge is 0.310 e. The Balaban J connectivity index is 1.68. The fourth-order valence-electron chi connectivity index (χ4n) is 4.15. The van der Waals surface area contributed by atoms with Gasteiger partial charge in [-0.15, -0.1) is 0 Å². The highest BCUT2D eigenvalue weighted by Gasteiger charge is 2.19. The van der Waals surface area contributed by atoms with Crippen molar-refractivity contribution < 1.29 is 18.7 Å². The van der Waals surface area contributed by atoms with Crippen LogP contribution in [0.4, 0.5) is 0 Å². The summed E-state index contributed by atoms with van der Waals surface area (Å²) in [6.45, 7) is 7.23. The lowest BCUT2D eigenvalue weighted by Gasteiger charge is -2.12. The first kappa shape index (κ1) is 23.6. The lowest BCUT2D eigenvalue weighted by molar-refractivity contribution is -0.142. The zero-order valence-electron chi connectivity index (χ0n) is 20.0. The van der Waals surface area contributed by atoms with Crippen LogP contribution in [-0.2, 0) is 29.1 Å². The average molecular weight is 458 g/mol. The predicted molar refractivity (Wildman–Crippen MR) is 135 cm³/mol. The topological polar surface area (TPSA) is 74.7 Å². The molecule has 0 saturated heterocycles. The zero-order chi connectivity index (χ0) is 24.1. The minimum absolute atomic E-state index is 0.175. The Kier molecular flexibility index (Phi) is 7.33. The van der Waals surface area contributed by atoms with E-state index in [0.717, 1.165) is 44.5 Å². The number of benzene rings is 3. The molecule has 0 aliphatic rings. The molecule has 2 N–H and O–H groups in total. The van der Waals surface area contributed by atoms with E-state index in [1.54, 1.807) is 6.92 Å². The van der Waals surface area contributed by atoms with Crippen LogP contribution in [-0.4, -0.2) is 12.6 Å². The SMILES string of the molecule is CCOC(=O)Cc1ccccc1OCc1c(C(C)C)oc2ccc(-c3cccc(CN)c3)cc12. The summed E-state index contributed by atoms with van der Waals surface area (Å²) in [5.41, 5.74) is 11.8. The number of rotatable bonds is 9. The Morgan fingerprint density at radius 1 is 1.00 bits per heavy atom. The molecule has 0 fully saturated rings. The summed E-state index contributed by atoms with van der Waals surface area (Å²) in [4.78, 5) is 12.0. The van der Waals surface area contributed by atoms with Crippen LogP contribution in [0.15, 0.2) is 71.1 Å². The molecule has 0 atom stereocenters. The van der Waals surface area contributed by atoms with Crippen LogP contribution in [0.3, 0.4) is 0 Å². The minimum Gasteiger partial charge on any atom is -0.488 e. The van der Waals surface area contributed by atoms with Gasteiger partial charge in [0.2, 0.25) is 0 Å². The Hall–Kier alpha value is -3.57. The first-order chi connectivity index (χ1) is 16.5. The van der Waals surface area contributed by atoms with Gasteiger partial charge >= 0.3 is 5.97 Å². The van der Waals surface area contributed by atoms with Crippen LogP contribution >= 0.6 is 0 Å². The summed E-state index contributed by atoms with van der Waals surface area (Å²) in [7, 11) is 0. The van der Waals surface area contributed by atoms with E-state index in [1.165, 1.54) is 0 Å². The van der Waals surface area contributed by atoms with Crippen molar-refractivity contribution in [1.29, 1.82) is 0 Å². The molecule has 1 aromatic heterocycles. The number of hydrogen-bond acceptors (Lipinski definition) is 5.